The fraction of sp³-hybridized carbons (Fsp3) is 0.371. The van der Waals surface area contributed by atoms with Crippen molar-refractivity contribution in [1.29, 1.82) is 0 Å². The molecule has 0 saturated carbocycles. The van der Waals surface area contributed by atoms with Crippen LogP contribution in [0.4, 0.5) is 8.78 Å². The van der Waals surface area contributed by atoms with Gasteiger partial charge in [0.2, 0.25) is 0 Å². The van der Waals surface area contributed by atoms with E-state index in [1.54, 1.807) is 12.1 Å². The summed E-state index contributed by atoms with van der Waals surface area (Å²) in [4.78, 5) is 0. The van der Waals surface area contributed by atoms with Crippen LogP contribution in [0.15, 0.2) is 85.0 Å². The minimum atomic E-state index is -0.810. The van der Waals surface area contributed by atoms with Crippen LogP contribution in [-0.2, 0) is 4.74 Å². The normalized spacial score (nSPS) is 17.0. The summed E-state index contributed by atoms with van der Waals surface area (Å²) in [6, 6.07) is 21.0. The van der Waals surface area contributed by atoms with Crippen molar-refractivity contribution in [1.82, 2.24) is 0 Å². The molecule has 0 spiro atoms. The van der Waals surface area contributed by atoms with Gasteiger partial charge >= 0.3 is 0 Å². The van der Waals surface area contributed by atoms with Crippen molar-refractivity contribution in [3.8, 4) is 22.3 Å². The van der Waals surface area contributed by atoms with E-state index in [-0.39, 0.29) is 11.2 Å². The zero-order valence-electron chi connectivity index (χ0n) is 22.8. The van der Waals surface area contributed by atoms with Crippen molar-refractivity contribution < 1.29 is 13.5 Å². The van der Waals surface area contributed by atoms with Gasteiger partial charge in [0.15, 0.2) is 11.6 Å². The number of ether oxygens (including phenoxy) is 1. The minimum Gasteiger partial charge on any atom is -0.371 e. The van der Waals surface area contributed by atoms with E-state index < -0.39 is 11.6 Å². The van der Waals surface area contributed by atoms with Gasteiger partial charge in [-0.05, 0) is 41.5 Å². The van der Waals surface area contributed by atoms with Crippen molar-refractivity contribution >= 4 is 5.57 Å². The highest BCUT2D eigenvalue weighted by Gasteiger charge is 2.29. The summed E-state index contributed by atoms with van der Waals surface area (Å²) in [5.74, 6) is -1.61. The molecule has 0 saturated heterocycles. The number of benzene rings is 3. The molecule has 1 aliphatic rings. The first kappa shape index (κ1) is 28.0. The third-order valence-corrected chi connectivity index (χ3v) is 7.52. The summed E-state index contributed by atoms with van der Waals surface area (Å²) in [5, 5.41) is 0. The van der Waals surface area contributed by atoms with Crippen LogP contribution in [0.5, 0.6) is 0 Å². The predicted octanol–water partition coefficient (Wildman–Crippen LogP) is 10.6. The molecule has 0 radical (unpaired) electrons. The number of allylic oxidation sites excluding steroid dienone is 2. The maximum absolute atomic E-state index is 15.3. The van der Waals surface area contributed by atoms with Gasteiger partial charge in [-0.1, -0.05) is 137 Å². The van der Waals surface area contributed by atoms with E-state index in [4.69, 9.17) is 4.74 Å². The molecule has 0 bridgehead atoms. The molecule has 38 heavy (non-hydrogen) atoms. The quantitative estimate of drug-likeness (QED) is 0.206. The average molecular weight is 515 g/mol. The van der Waals surface area contributed by atoms with E-state index in [9.17, 15) is 0 Å². The van der Waals surface area contributed by atoms with E-state index in [0.717, 1.165) is 43.4 Å². The zero-order valence-corrected chi connectivity index (χ0v) is 22.8. The van der Waals surface area contributed by atoms with Crippen LogP contribution >= 0.6 is 0 Å². The van der Waals surface area contributed by atoms with Crippen molar-refractivity contribution in [3.05, 3.63) is 102 Å². The number of halogens is 2. The Morgan fingerprint density at radius 1 is 0.684 bits per heavy atom. The Morgan fingerprint density at radius 2 is 1.32 bits per heavy atom. The van der Waals surface area contributed by atoms with E-state index in [1.807, 2.05) is 66.7 Å². The van der Waals surface area contributed by atoms with Crippen LogP contribution in [-0.4, -0.2) is 12.2 Å². The molecule has 4 rings (SSSR count). The lowest BCUT2D eigenvalue weighted by molar-refractivity contribution is -0.0162. The van der Waals surface area contributed by atoms with E-state index in [1.165, 1.54) is 25.7 Å². The first-order chi connectivity index (χ1) is 18.6. The number of hydrogen-bond acceptors (Lipinski definition) is 1. The Bertz CT molecular complexity index is 1230. The first-order valence-corrected chi connectivity index (χ1v) is 14.2. The fourth-order valence-corrected chi connectivity index (χ4v) is 5.15. The molecule has 200 valence electrons. The Labute approximate surface area is 227 Å². The minimum absolute atomic E-state index is 0.273. The summed E-state index contributed by atoms with van der Waals surface area (Å²) in [7, 11) is 0. The maximum Gasteiger partial charge on any atom is 0.167 e. The molecule has 1 aliphatic carbocycles. The van der Waals surface area contributed by atoms with Crippen LogP contribution in [0.25, 0.3) is 27.8 Å². The van der Waals surface area contributed by atoms with Crippen LogP contribution in [0, 0.1) is 11.6 Å². The topological polar surface area (TPSA) is 9.23 Å². The molecule has 0 heterocycles. The van der Waals surface area contributed by atoms with Gasteiger partial charge in [-0.15, -0.1) is 0 Å². The molecule has 0 amide bonds. The van der Waals surface area contributed by atoms with Crippen molar-refractivity contribution in [2.45, 2.75) is 77.2 Å². The molecule has 3 aromatic carbocycles. The lowest BCUT2D eigenvalue weighted by Crippen LogP contribution is -2.31. The fourth-order valence-electron chi connectivity index (χ4n) is 5.15. The summed E-state index contributed by atoms with van der Waals surface area (Å²) in [6.45, 7) is 5.14. The summed E-state index contributed by atoms with van der Waals surface area (Å²) >= 11 is 0. The zero-order chi connectivity index (χ0) is 26.8. The second kappa shape index (κ2) is 13.7. The van der Waals surface area contributed by atoms with Gasteiger partial charge in [0, 0.05) is 17.7 Å². The summed E-state index contributed by atoms with van der Waals surface area (Å²) < 4.78 is 37.0. The summed E-state index contributed by atoms with van der Waals surface area (Å²) in [5.41, 5.74) is 3.73. The maximum atomic E-state index is 15.3. The van der Waals surface area contributed by atoms with Crippen LogP contribution in [0.2, 0.25) is 0 Å². The van der Waals surface area contributed by atoms with Crippen LogP contribution in [0.1, 0.15) is 77.2 Å². The smallest absolute Gasteiger partial charge is 0.167 e. The second-order valence-electron chi connectivity index (χ2n) is 10.4. The third-order valence-electron chi connectivity index (χ3n) is 7.52. The van der Waals surface area contributed by atoms with Gasteiger partial charge in [0.25, 0.3) is 0 Å². The van der Waals surface area contributed by atoms with Gasteiger partial charge in [0.1, 0.15) is 0 Å². The van der Waals surface area contributed by atoms with Gasteiger partial charge in [-0.25, -0.2) is 8.78 Å². The van der Waals surface area contributed by atoms with E-state index >= 15 is 8.78 Å². The van der Waals surface area contributed by atoms with Gasteiger partial charge in [0.05, 0.1) is 5.60 Å². The van der Waals surface area contributed by atoms with Crippen LogP contribution < -0.4 is 0 Å². The molecule has 0 aromatic heterocycles. The Hall–Kier alpha value is -3.04. The standard InChI is InChI=1S/C35H40F2O/c1-3-5-7-8-12-26-38-35(23-6-4-2)24-21-30(22-25-35)32-20-19-31(33(36)34(32)37)29-17-15-28(16-18-29)27-13-10-9-11-14-27/h9-11,13-22,24H,3-8,12,23,25-26H2,1-2H3. The van der Waals surface area contributed by atoms with Gasteiger partial charge in [-0.2, -0.15) is 0 Å². The lowest BCUT2D eigenvalue weighted by atomic mass is 9.85. The van der Waals surface area contributed by atoms with Crippen molar-refractivity contribution in [2.24, 2.45) is 0 Å². The highest BCUT2D eigenvalue weighted by molar-refractivity contribution is 5.78. The Balaban J connectivity index is 1.47. The highest BCUT2D eigenvalue weighted by Crippen LogP contribution is 2.36. The van der Waals surface area contributed by atoms with Crippen LogP contribution in [0.3, 0.4) is 0 Å². The number of rotatable bonds is 13. The Kier molecular flexibility index (Phi) is 10.1. The van der Waals surface area contributed by atoms with Crippen molar-refractivity contribution in [2.75, 3.05) is 6.61 Å². The molecule has 1 nitrogen and oxygen atoms in total. The molecule has 1 unspecified atom stereocenters. The molecule has 0 aliphatic heterocycles. The van der Waals surface area contributed by atoms with E-state index in [0.29, 0.717) is 23.1 Å². The van der Waals surface area contributed by atoms with Gasteiger partial charge in [-0.3, -0.25) is 0 Å². The molecular formula is C35H40F2O. The molecule has 0 N–H and O–H groups in total. The molecule has 3 aromatic rings. The third kappa shape index (κ3) is 6.88. The highest BCUT2D eigenvalue weighted by atomic mass is 19.2. The molecule has 1 atom stereocenters. The predicted molar refractivity (Wildman–Crippen MR) is 156 cm³/mol. The first-order valence-electron chi connectivity index (χ1n) is 14.2. The van der Waals surface area contributed by atoms with E-state index in [2.05, 4.69) is 19.9 Å². The lowest BCUT2D eigenvalue weighted by Gasteiger charge is -2.33. The molecule has 3 heteroatoms. The SMILES string of the molecule is CCCCCCCOC1(CCCC)C=CC(c2ccc(-c3ccc(-c4ccccc4)cc3)c(F)c2F)=CC1. The largest absolute Gasteiger partial charge is 0.371 e. The van der Waals surface area contributed by atoms with Crippen molar-refractivity contribution in [3.63, 3.8) is 0 Å². The Morgan fingerprint density at radius 3 is 2.00 bits per heavy atom. The second-order valence-corrected chi connectivity index (χ2v) is 10.4. The number of hydrogen-bond donors (Lipinski definition) is 0. The number of unbranched alkanes of at least 4 members (excludes halogenated alkanes) is 5. The molecular weight excluding hydrogens is 474 g/mol. The monoisotopic (exact) mass is 514 g/mol. The van der Waals surface area contributed by atoms with Gasteiger partial charge < -0.3 is 4.74 Å². The average Bonchev–Trinajstić information content (AvgIpc) is 2.96. The molecule has 0 fully saturated rings. The summed E-state index contributed by atoms with van der Waals surface area (Å²) in [6.07, 6.45) is 15.8.